The summed E-state index contributed by atoms with van der Waals surface area (Å²) in [6.45, 7) is 10.3. The molecule has 0 saturated heterocycles. The first-order valence-corrected chi connectivity index (χ1v) is 28.0. The van der Waals surface area contributed by atoms with Gasteiger partial charge in [-0.3, -0.25) is 14.4 Å². The van der Waals surface area contributed by atoms with Crippen molar-refractivity contribution < 1.29 is 29.0 Å². The highest BCUT2D eigenvalue weighted by atomic mass is 16.5. The Labute approximate surface area is 404 Å². The van der Waals surface area contributed by atoms with Crippen molar-refractivity contribution in [1.82, 2.24) is 15.2 Å². The van der Waals surface area contributed by atoms with E-state index < -0.39 is 6.10 Å². The molecule has 380 valence electrons. The second-order valence-electron chi connectivity index (χ2n) is 19.6. The van der Waals surface area contributed by atoms with Crippen molar-refractivity contribution in [2.45, 2.75) is 264 Å². The number of aliphatic hydroxyl groups is 1. The number of hydrogen-bond donors (Lipinski definition) is 3. The van der Waals surface area contributed by atoms with Crippen LogP contribution < -0.4 is 5.32 Å². The second kappa shape index (κ2) is 42.2. The summed E-state index contributed by atoms with van der Waals surface area (Å²) in [5.74, 6) is -0.189. The van der Waals surface area contributed by atoms with Crippen molar-refractivity contribution in [1.29, 1.82) is 0 Å². The number of H-pyrrole nitrogens is 1. The van der Waals surface area contributed by atoms with Crippen LogP contribution >= 0.6 is 0 Å². The number of amides is 1. The number of aromatic amines is 1. The van der Waals surface area contributed by atoms with Crippen LogP contribution in [0.3, 0.4) is 0 Å². The lowest BCUT2D eigenvalue weighted by Gasteiger charge is -2.25. The maximum Gasteiger partial charge on any atom is 0.306 e. The molecule has 3 N–H and O–H groups in total. The molecule has 2 aromatic rings. The average molecular weight is 924 g/mol. The third kappa shape index (κ3) is 32.7. The minimum absolute atomic E-state index is 0.0132. The zero-order valence-corrected chi connectivity index (χ0v) is 43.0. The molecule has 0 bridgehead atoms. The summed E-state index contributed by atoms with van der Waals surface area (Å²) in [4.78, 5) is 43.6. The van der Waals surface area contributed by atoms with Gasteiger partial charge in [-0.1, -0.05) is 180 Å². The Bertz CT molecular complexity index is 1400. The molecule has 0 spiro atoms. The maximum absolute atomic E-state index is 12.9. The number of fused-ring (bicyclic) bond motifs is 1. The van der Waals surface area contributed by atoms with E-state index in [1.54, 1.807) is 0 Å². The highest BCUT2D eigenvalue weighted by Gasteiger charge is 2.16. The third-order valence-electron chi connectivity index (χ3n) is 13.3. The first-order valence-electron chi connectivity index (χ1n) is 28.0. The fourth-order valence-electron chi connectivity index (χ4n) is 9.08. The monoisotopic (exact) mass is 924 g/mol. The van der Waals surface area contributed by atoms with Gasteiger partial charge in [-0.15, -0.1) is 0 Å². The van der Waals surface area contributed by atoms with Crippen LogP contribution in [0.25, 0.3) is 10.9 Å². The van der Waals surface area contributed by atoms with Crippen LogP contribution in [0.2, 0.25) is 0 Å². The van der Waals surface area contributed by atoms with Crippen LogP contribution in [-0.2, 0) is 19.1 Å². The summed E-state index contributed by atoms with van der Waals surface area (Å²) in [6, 6.07) is 9.77. The number of carbonyl (C=O) groups is 3. The fraction of sp³-hybridized carbons (Fsp3) is 0.807. The fourth-order valence-corrected chi connectivity index (χ4v) is 9.08. The molecule has 0 aliphatic rings. The Hall–Kier alpha value is -2.91. The standard InChI is InChI=1S/C57H101N3O6/c1-4-7-10-13-16-17-18-24-36-47-65-55(62)42-29-25-35-46-60(49-51(61)38-32-33-44-58-57(64)54-48-50-37-30-31-41-53(50)59-54)45-34-23-19-22-28-43-56(63)66-52(39-26-20-14-11-8-5-2)40-27-21-15-12-9-6-3/h30-31,37,41,48,51-52,59,61H,4-29,32-36,38-40,42-47,49H2,1-3H3,(H,58,64). The number of carbonyl (C=O) groups excluding carboxylic acids is 3. The van der Waals surface area contributed by atoms with Gasteiger partial charge in [0.1, 0.15) is 11.8 Å². The van der Waals surface area contributed by atoms with E-state index in [2.05, 4.69) is 36.0 Å². The molecule has 0 fully saturated rings. The molecule has 1 aromatic heterocycles. The Morgan fingerprint density at radius 2 is 1.06 bits per heavy atom. The van der Waals surface area contributed by atoms with Gasteiger partial charge in [0.25, 0.3) is 5.91 Å². The summed E-state index contributed by atoms with van der Waals surface area (Å²) in [7, 11) is 0. The number of hydrogen-bond acceptors (Lipinski definition) is 7. The smallest absolute Gasteiger partial charge is 0.306 e. The number of esters is 2. The number of nitrogens with zero attached hydrogens (tertiary/aromatic N) is 1. The lowest BCUT2D eigenvalue weighted by atomic mass is 10.0. The van der Waals surface area contributed by atoms with Crippen molar-refractivity contribution in [3.63, 3.8) is 0 Å². The van der Waals surface area contributed by atoms with Crippen molar-refractivity contribution in [2.75, 3.05) is 32.8 Å². The largest absolute Gasteiger partial charge is 0.466 e. The van der Waals surface area contributed by atoms with Crippen LogP contribution in [0, 0.1) is 0 Å². The van der Waals surface area contributed by atoms with E-state index in [1.807, 2.05) is 30.3 Å². The molecule has 1 heterocycles. The maximum atomic E-state index is 12.9. The highest BCUT2D eigenvalue weighted by molar-refractivity contribution is 5.97. The SMILES string of the molecule is CCCCCCCCCCCOC(=O)CCCCCN(CCCCCCCC(=O)OC(CCCCCCCC)CCCCCCCC)CC(O)CCCCNC(=O)c1cc2ccccc2[nH]1. The second-order valence-corrected chi connectivity index (χ2v) is 19.6. The van der Waals surface area contributed by atoms with Crippen LogP contribution in [0.1, 0.15) is 262 Å². The normalized spacial score (nSPS) is 12.1. The summed E-state index contributed by atoms with van der Waals surface area (Å²) >= 11 is 0. The predicted molar refractivity (Wildman–Crippen MR) is 277 cm³/mol. The number of unbranched alkanes of at least 4 members (excludes halogenated alkanes) is 25. The Balaban J connectivity index is 1.70. The van der Waals surface area contributed by atoms with Crippen LogP contribution in [-0.4, -0.2) is 77.8 Å². The van der Waals surface area contributed by atoms with E-state index in [-0.39, 0.29) is 23.9 Å². The molecule has 1 atom stereocenters. The van der Waals surface area contributed by atoms with Gasteiger partial charge in [-0.05, 0) is 102 Å². The van der Waals surface area contributed by atoms with E-state index in [4.69, 9.17) is 9.47 Å². The molecule has 66 heavy (non-hydrogen) atoms. The Morgan fingerprint density at radius 1 is 0.576 bits per heavy atom. The number of aromatic nitrogens is 1. The number of rotatable bonds is 47. The molecule has 9 heteroatoms. The summed E-state index contributed by atoms with van der Waals surface area (Å²) < 4.78 is 11.6. The van der Waals surface area contributed by atoms with Crippen molar-refractivity contribution in [2.24, 2.45) is 0 Å². The van der Waals surface area contributed by atoms with E-state index >= 15 is 0 Å². The van der Waals surface area contributed by atoms with Gasteiger partial charge in [0.2, 0.25) is 0 Å². The van der Waals surface area contributed by atoms with Crippen LogP contribution in [0.5, 0.6) is 0 Å². The van der Waals surface area contributed by atoms with Gasteiger partial charge in [0.05, 0.1) is 12.7 Å². The number of aliphatic hydroxyl groups excluding tert-OH is 1. The summed E-state index contributed by atoms with van der Waals surface area (Å²) in [5, 5.41) is 15.1. The molecule has 1 amide bonds. The number of benzene rings is 1. The molecule has 1 aromatic carbocycles. The molecule has 2 rings (SSSR count). The number of para-hydroxylation sites is 1. The van der Waals surface area contributed by atoms with Crippen LogP contribution in [0.4, 0.5) is 0 Å². The third-order valence-corrected chi connectivity index (χ3v) is 13.3. The molecular weight excluding hydrogens is 823 g/mol. The van der Waals surface area contributed by atoms with Gasteiger partial charge in [-0.25, -0.2) is 0 Å². The molecule has 0 radical (unpaired) electrons. The minimum Gasteiger partial charge on any atom is -0.466 e. The topological polar surface area (TPSA) is 121 Å². The lowest BCUT2D eigenvalue weighted by Crippen LogP contribution is -2.34. The number of nitrogens with one attached hydrogen (secondary N) is 2. The zero-order chi connectivity index (χ0) is 47.6. The first-order chi connectivity index (χ1) is 32.4. The van der Waals surface area contributed by atoms with Gasteiger partial charge < -0.3 is 29.8 Å². The van der Waals surface area contributed by atoms with Crippen molar-refractivity contribution in [3.8, 4) is 0 Å². The van der Waals surface area contributed by atoms with Crippen molar-refractivity contribution >= 4 is 28.7 Å². The van der Waals surface area contributed by atoms with Gasteiger partial charge in [0.15, 0.2) is 0 Å². The van der Waals surface area contributed by atoms with Gasteiger partial charge in [0, 0.05) is 36.8 Å². The Morgan fingerprint density at radius 3 is 1.65 bits per heavy atom. The average Bonchev–Trinajstić information content (AvgIpc) is 3.76. The Kier molecular flexibility index (Phi) is 37.9. The van der Waals surface area contributed by atoms with Gasteiger partial charge >= 0.3 is 11.9 Å². The number of ether oxygens (including phenoxy) is 2. The van der Waals surface area contributed by atoms with Crippen molar-refractivity contribution in [3.05, 3.63) is 36.0 Å². The van der Waals surface area contributed by atoms with E-state index in [9.17, 15) is 19.5 Å². The summed E-state index contributed by atoms with van der Waals surface area (Å²) in [5.41, 5.74) is 1.53. The van der Waals surface area contributed by atoms with E-state index in [0.717, 1.165) is 127 Å². The molecule has 0 aliphatic carbocycles. The molecule has 0 aliphatic heterocycles. The molecular formula is C57H101N3O6. The van der Waals surface area contributed by atoms with E-state index in [0.29, 0.717) is 44.7 Å². The molecule has 1 unspecified atom stereocenters. The van der Waals surface area contributed by atoms with Gasteiger partial charge in [-0.2, -0.15) is 0 Å². The molecule has 9 nitrogen and oxygen atoms in total. The lowest BCUT2D eigenvalue weighted by molar-refractivity contribution is -0.150. The van der Waals surface area contributed by atoms with Crippen LogP contribution in [0.15, 0.2) is 30.3 Å². The predicted octanol–water partition coefficient (Wildman–Crippen LogP) is 15.1. The first kappa shape index (κ1) is 59.2. The highest BCUT2D eigenvalue weighted by Crippen LogP contribution is 2.19. The molecule has 0 saturated carbocycles. The minimum atomic E-state index is -0.428. The summed E-state index contributed by atoms with van der Waals surface area (Å²) in [6.07, 6.45) is 39.4. The quantitative estimate of drug-likeness (QED) is 0.0446. The van der Waals surface area contributed by atoms with E-state index in [1.165, 1.54) is 109 Å². The zero-order valence-electron chi connectivity index (χ0n) is 43.0.